The van der Waals surface area contributed by atoms with Crippen LogP contribution in [-0.2, 0) is 17.3 Å². The van der Waals surface area contributed by atoms with E-state index in [1.807, 2.05) is 0 Å². The van der Waals surface area contributed by atoms with Crippen molar-refractivity contribution in [2.24, 2.45) is 0 Å². The first-order chi connectivity index (χ1) is 8.40. The van der Waals surface area contributed by atoms with Gasteiger partial charge in [0.25, 0.3) is 0 Å². The predicted molar refractivity (Wildman–Crippen MR) is 62.3 cm³/mol. The van der Waals surface area contributed by atoms with E-state index in [4.69, 9.17) is 10.5 Å². The summed E-state index contributed by atoms with van der Waals surface area (Å²) in [6, 6.07) is 1.86. The van der Waals surface area contributed by atoms with Crippen molar-refractivity contribution in [3.8, 4) is 5.75 Å². The quantitative estimate of drug-likeness (QED) is 0.503. The lowest BCUT2D eigenvalue weighted by atomic mass is 10.0. The molecule has 1 aromatic carbocycles. The van der Waals surface area contributed by atoms with Gasteiger partial charge < -0.3 is 15.2 Å². The van der Waals surface area contributed by atoms with E-state index >= 15 is 0 Å². The van der Waals surface area contributed by atoms with Gasteiger partial charge in [-0.2, -0.15) is 13.2 Å². The number of nitrogens with two attached hydrogens (primary N) is 1. The molecule has 100 valence electrons. The number of alkyl halides is 3. The first-order valence-electron chi connectivity index (χ1n) is 5.12. The number of hydrogen-bond donors (Lipinski definition) is 1. The zero-order valence-electron chi connectivity index (χ0n) is 9.88. The standard InChI is InChI=1S/C12H14F3NO2/c1-3-4-8-5-9(12(13,14)15)6-10(11(8)16)18-7-17-2/h3,5-6H,1,4,7,16H2,2H3. The highest BCUT2D eigenvalue weighted by molar-refractivity contribution is 5.61. The van der Waals surface area contributed by atoms with E-state index in [1.54, 1.807) is 0 Å². The summed E-state index contributed by atoms with van der Waals surface area (Å²) in [5.74, 6) is -0.0384. The topological polar surface area (TPSA) is 44.5 Å². The highest BCUT2D eigenvalue weighted by Gasteiger charge is 2.32. The minimum Gasteiger partial charge on any atom is -0.465 e. The lowest BCUT2D eigenvalue weighted by molar-refractivity contribution is -0.137. The van der Waals surface area contributed by atoms with E-state index in [1.165, 1.54) is 13.2 Å². The molecule has 0 fully saturated rings. The lowest BCUT2D eigenvalue weighted by Gasteiger charge is -2.15. The average Bonchev–Trinajstić information content (AvgIpc) is 2.29. The van der Waals surface area contributed by atoms with E-state index in [0.717, 1.165) is 12.1 Å². The molecule has 0 saturated carbocycles. The molecule has 0 saturated heterocycles. The molecule has 0 aliphatic rings. The van der Waals surface area contributed by atoms with Crippen LogP contribution in [0.15, 0.2) is 24.8 Å². The van der Waals surface area contributed by atoms with Crippen molar-refractivity contribution < 1.29 is 22.6 Å². The highest BCUT2D eigenvalue weighted by Crippen LogP contribution is 2.36. The van der Waals surface area contributed by atoms with Gasteiger partial charge in [0.15, 0.2) is 6.79 Å². The number of benzene rings is 1. The number of ether oxygens (including phenoxy) is 2. The van der Waals surface area contributed by atoms with Gasteiger partial charge in [-0.1, -0.05) is 6.08 Å². The molecule has 0 aromatic heterocycles. The number of methoxy groups -OCH3 is 1. The summed E-state index contributed by atoms with van der Waals surface area (Å²) < 4.78 is 47.7. The van der Waals surface area contributed by atoms with Crippen molar-refractivity contribution in [2.75, 3.05) is 19.6 Å². The van der Waals surface area contributed by atoms with Gasteiger partial charge in [0.2, 0.25) is 0 Å². The first kappa shape index (κ1) is 14.4. The minimum atomic E-state index is -4.45. The molecule has 1 aromatic rings. The zero-order chi connectivity index (χ0) is 13.8. The Bertz CT molecular complexity index is 430. The molecule has 0 aliphatic heterocycles. The van der Waals surface area contributed by atoms with Crippen LogP contribution < -0.4 is 10.5 Å². The van der Waals surface area contributed by atoms with Crippen LogP contribution in [0.4, 0.5) is 18.9 Å². The van der Waals surface area contributed by atoms with Crippen LogP contribution >= 0.6 is 0 Å². The second kappa shape index (κ2) is 5.77. The molecule has 1 rings (SSSR count). The number of rotatable bonds is 5. The number of anilines is 1. The van der Waals surface area contributed by atoms with Crippen molar-refractivity contribution in [3.63, 3.8) is 0 Å². The first-order valence-corrected chi connectivity index (χ1v) is 5.12. The summed E-state index contributed by atoms with van der Waals surface area (Å²) in [6.45, 7) is 3.31. The monoisotopic (exact) mass is 261 g/mol. The molecule has 0 atom stereocenters. The maximum absolute atomic E-state index is 12.7. The zero-order valence-corrected chi connectivity index (χ0v) is 9.88. The number of nitrogen functional groups attached to an aromatic ring is 1. The lowest BCUT2D eigenvalue weighted by Crippen LogP contribution is -2.10. The summed E-state index contributed by atoms with van der Waals surface area (Å²) >= 11 is 0. The number of allylic oxidation sites excluding steroid dienone is 1. The Balaban J connectivity index is 3.22. The molecule has 2 N–H and O–H groups in total. The maximum atomic E-state index is 12.7. The summed E-state index contributed by atoms with van der Waals surface area (Å²) in [6.07, 6.45) is -2.74. The van der Waals surface area contributed by atoms with Gasteiger partial charge in [-0.05, 0) is 24.1 Å². The molecule has 3 nitrogen and oxygen atoms in total. The molecule has 0 unspecified atom stereocenters. The van der Waals surface area contributed by atoms with Gasteiger partial charge in [0, 0.05) is 7.11 Å². The molecule has 18 heavy (non-hydrogen) atoms. The van der Waals surface area contributed by atoms with Gasteiger partial charge >= 0.3 is 6.18 Å². The third-order valence-corrected chi connectivity index (χ3v) is 2.25. The second-order valence-electron chi connectivity index (χ2n) is 3.59. The molecular weight excluding hydrogens is 247 g/mol. The maximum Gasteiger partial charge on any atom is 0.416 e. The molecular formula is C12H14F3NO2. The molecule has 0 amide bonds. The average molecular weight is 261 g/mol. The fourth-order valence-corrected chi connectivity index (χ4v) is 1.41. The largest absolute Gasteiger partial charge is 0.465 e. The van der Waals surface area contributed by atoms with Gasteiger partial charge in [0.1, 0.15) is 5.75 Å². The second-order valence-corrected chi connectivity index (χ2v) is 3.59. The van der Waals surface area contributed by atoms with Crippen LogP contribution in [0, 0.1) is 0 Å². The van der Waals surface area contributed by atoms with E-state index in [9.17, 15) is 13.2 Å². The van der Waals surface area contributed by atoms with E-state index < -0.39 is 11.7 Å². The van der Waals surface area contributed by atoms with Crippen LogP contribution in [-0.4, -0.2) is 13.9 Å². The summed E-state index contributed by atoms with van der Waals surface area (Å²) in [7, 11) is 1.37. The third kappa shape index (κ3) is 3.40. The number of halogens is 3. The van der Waals surface area contributed by atoms with E-state index in [2.05, 4.69) is 11.3 Å². The fourth-order valence-electron chi connectivity index (χ4n) is 1.41. The minimum absolute atomic E-state index is 0.0384. The van der Waals surface area contributed by atoms with Gasteiger partial charge in [-0.3, -0.25) is 0 Å². The third-order valence-electron chi connectivity index (χ3n) is 2.25. The molecule has 0 heterocycles. The van der Waals surface area contributed by atoms with E-state index in [0.29, 0.717) is 5.56 Å². The Hall–Kier alpha value is -1.69. The van der Waals surface area contributed by atoms with Crippen molar-refractivity contribution in [2.45, 2.75) is 12.6 Å². The normalized spacial score (nSPS) is 11.3. The molecule has 0 aliphatic carbocycles. The van der Waals surface area contributed by atoms with Crippen LogP contribution in [0.5, 0.6) is 5.75 Å². The van der Waals surface area contributed by atoms with Crippen molar-refractivity contribution in [3.05, 3.63) is 35.9 Å². The van der Waals surface area contributed by atoms with Crippen LogP contribution in [0.2, 0.25) is 0 Å². The summed E-state index contributed by atoms with van der Waals surface area (Å²) in [5.41, 5.74) is 5.41. The molecule has 6 heteroatoms. The molecule has 0 spiro atoms. The highest BCUT2D eigenvalue weighted by atomic mass is 19.4. The number of hydrogen-bond acceptors (Lipinski definition) is 3. The summed E-state index contributed by atoms with van der Waals surface area (Å²) in [4.78, 5) is 0. The van der Waals surface area contributed by atoms with Crippen molar-refractivity contribution in [1.82, 2.24) is 0 Å². The smallest absolute Gasteiger partial charge is 0.416 e. The van der Waals surface area contributed by atoms with Crippen molar-refractivity contribution in [1.29, 1.82) is 0 Å². The Kier molecular flexibility index (Phi) is 4.61. The Labute approximate surface area is 103 Å². The summed E-state index contributed by atoms with van der Waals surface area (Å²) in [5, 5.41) is 0. The predicted octanol–water partition coefficient (Wildman–Crippen LogP) is 3.00. The van der Waals surface area contributed by atoms with Crippen LogP contribution in [0.3, 0.4) is 0 Å². The van der Waals surface area contributed by atoms with Crippen molar-refractivity contribution >= 4 is 5.69 Å². The Morgan fingerprint density at radius 1 is 1.39 bits per heavy atom. The SMILES string of the molecule is C=CCc1cc(C(F)(F)F)cc(OCOC)c1N. The van der Waals surface area contributed by atoms with E-state index in [-0.39, 0.29) is 24.7 Å². The molecule has 0 bridgehead atoms. The van der Waals surface area contributed by atoms with Crippen LogP contribution in [0.25, 0.3) is 0 Å². The molecule has 0 radical (unpaired) electrons. The fraction of sp³-hybridized carbons (Fsp3) is 0.333. The Morgan fingerprint density at radius 3 is 2.56 bits per heavy atom. The van der Waals surface area contributed by atoms with Gasteiger partial charge in [-0.15, -0.1) is 6.58 Å². The van der Waals surface area contributed by atoms with Gasteiger partial charge in [0.05, 0.1) is 11.3 Å². The van der Waals surface area contributed by atoms with Gasteiger partial charge in [-0.25, -0.2) is 0 Å². The van der Waals surface area contributed by atoms with Crippen LogP contribution in [0.1, 0.15) is 11.1 Å². The Morgan fingerprint density at radius 2 is 2.06 bits per heavy atom.